The zero-order chi connectivity index (χ0) is 14.1. The number of ether oxygens (including phenoxy) is 1. The zero-order valence-corrected chi connectivity index (χ0v) is 11.1. The number of hydrogen-bond donors (Lipinski definition) is 2. The molecule has 1 saturated heterocycles. The van der Waals surface area contributed by atoms with Crippen molar-refractivity contribution < 1.29 is 19.1 Å². The molecule has 1 fully saturated rings. The summed E-state index contributed by atoms with van der Waals surface area (Å²) >= 11 is 0. The van der Waals surface area contributed by atoms with Crippen molar-refractivity contribution in [3.8, 4) is 0 Å². The van der Waals surface area contributed by atoms with Gasteiger partial charge in [0.25, 0.3) is 6.01 Å². The van der Waals surface area contributed by atoms with Crippen molar-refractivity contribution in [3.05, 3.63) is 23.8 Å². The number of hydrogen-bond acceptors (Lipinski definition) is 5. The average molecular weight is 276 g/mol. The fourth-order valence-corrected chi connectivity index (χ4v) is 2.38. The molecule has 20 heavy (non-hydrogen) atoms. The van der Waals surface area contributed by atoms with E-state index in [4.69, 9.17) is 14.3 Å². The molecule has 0 bridgehead atoms. The fourth-order valence-electron chi connectivity index (χ4n) is 2.38. The molecule has 0 aliphatic carbocycles. The predicted molar refractivity (Wildman–Crippen MR) is 73.0 cm³/mol. The molecule has 2 N–H and O–H groups in total. The standard InChI is InChI=1S/C14H16N2O4/c1-8(10-4-5-19-7-10)15-14-16-11-3-2-9(13(17)18)6-12(11)20-14/h2-3,6,8,10H,4-5,7H2,1H3,(H,15,16)(H,17,18). The van der Waals surface area contributed by atoms with E-state index < -0.39 is 5.97 Å². The number of aromatic nitrogens is 1. The summed E-state index contributed by atoms with van der Waals surface area (Å²) in [5, 5.41) is 12.2. The van der Waals surface area contributed by atoms with Crippen LogP contribution in [0.3, 0.4) is 0 Å². The van der Waals surface area contributed by atoms with Crippen LogP contribution in [0.1, 0.15) is 23.7 Å². The first-order chi connectivity index (χ1) is 9.63. The maximum Gasteiger partial charge on any atom is 0.335 e. The van der Waals surface area contributed by atoms with Crippen LogP contribution in [0.15, 0.2) is 22.6 Å². The number of carboxylic acid groups (broad SMARTS) is 1. The van der Waals surface area contributed by atoms with Gasteiger partial charge < -0.3 is 19.6 Å². The summed E-state index contributed by atoms with van der Waals surface area (Å²) in [6, 6.07) is 5.27. The van der Waals surface area contributed by atoms with Gasteiger partial charge in [-0.2, -0.15) is 4.98 Å². The molecule has 1 aliphatic rings. The molecule has 6 heteroatoms. The SMILES string of the molecule is CC(Nc1nc2ccc(C(=O)O)cc2o1)C1CCOC1. The lowest BCUT2D eigenvalue weighted by Gasteiger charge is -2.17. The molecular weight excluding hydrogens is 260 g/mol. The summed E-state index contributed by atoms with van der Waals surface area (Å²) in [5.74, 6) is -0.533. The van der Waals surface area contributed by atoms with Gasteiger partial charge in [0.05, 0.1) is 12.2 Å². The van der Waals surface area contributed by atoms with E-state index in [1.165, 1.54) is 12.1 Å². The Kier molecular flexibility index (Phi) is 3.31. The van der Waals surface area contributed by atoms with E-state index in [-0.39, 0.29) is 11.6 Å². The van der Waals surface area contributed by atoms with Crippen LogP contribution in [0.4, 0.5) is 6.01 Å². The van der Waals surface area contributed by atoms with E-state index >= 15 is 0 Å². The number of nitrogens with one attached hydrogen (secondary N) is 1. The van der Waals surface area contributed by atoms with E-state index in [9.17, 15) is 4.79 Å². The molecule has 1 aliphatic heterocycles. The summed E-state index contributed by atoms with van der Waals surface area (Å²) in [6.07, 6.45) is 1.03. The Hall–Kier alpha value is -2.08. The van der Waals surface area contributed by atoms with E-state index in [2.05, 4.69) is 17.2 Å². The molecule has 0 saturated carbocycles. The van der Waals surface area contributed by atoms with Crippen molar-refractivity contribution >= 4 is 23.1 Å². The molecule has 2 atom stereocenters. The van der Waals surface area contributed by atoms with Crippen molar-refractivity contribution in [2.75, 3.05) is 18.5 Å². The summed E-state index contributed by atoms with van der Waals surface area (Å²) in [7, 11) is 0. The minimum absolute atomic E-state index is 0.192. The van der Waals surface area contributed by atoms with Gasteiger partial charge in [0.1, 0.15) is 5.52 Å². The highest BCUT2D eigenvalue weighted by Gasteiger charge is 2.23. The van der Waals surface area contributed by atoms with Crippen molar-refractivity contribution in [3.63, 3.8) is 0 Å². The third-order valence-electron chi connectivity index (χ3n) is 3.66. The number of aromatic carboxylic acids is 1. The van der Waals surface area contributed by atoms with Crippen LogP contribution in [0, 0.1) is 5.92 Å². The number of carboxylic acids is 1. The highest BCUT2D eigenvalue weighted by molar-refractivity contribution is 5.92. The maximum absolute atomic E-state index is 10.9. The Bertz CT molecular complexity index is 631. The van der Waals surface area contributed by atoms with Gasteiger partial charge in [-0.1, -0.05) is 0 Å². The molecule has 3 rings (SSSR count). The number of nitrogens with zero attached hydrogens (tertiary/aromatic N) is 1. The topological polar surface area (TPSA) is 84.6 Å². The molecule has 0 amide bonds. The third kappa shape index (κ3) is 2.46. The van der Waals surface area contributed by atoms with Crippen LogP contribution in [0.5, 0.6) is 0 Å². The van der Waals surface area contributed by atoms with Gasteiger partial charge in [0, 0.05) is 18.6 Å². The minimum Gasteiger partial charge on any atom is -0.478 e. The molecule has 0 spiro atoms. The van der Waals surface area contributed by atoms with Gasteiger partial charge in [0.2, 0.25) is 0 Å². The number of oxazole rings is 1. The Labute approximate surface area is 115 Å². The molecule has 1 aromatic heterocycles. The van der Waals surface area contributed by atoms with Gasteiger partial charge in [0.15, 0.2) is 5.58 Å². The second kappa shape index (κ2) is 5.13. The lowest BCUT2D eigenvalue weighted by molar-refractivity contribution is 0.0697. The number of benzene rings is 1. The normalized spacial score (nSPS) is 20.1. The van der Waals surface area contributed by atoms with Gasteiger partial charge in [-0.3, -0.25) is 0 Å². The summed E-state index contributed by atoms with van der Waals surface area (Å²) < 4.78 is 10.9. The van der Waals surface area contributed by atoms with Gasteiger partial charge in [-0.25, -0.2) is 4.79 Å². The molecule has 0 radical (unpaired) electrons. The first kappa shape index (κ1) is 12.9. The lowest BCUT2D eigenvalue weighted by Crippen LogP contribution is -2.26. The van der Waals surface area contributed by atoms with Gasteiger partial charge in [-0.05, 0) is 31.5 Å². The van der Waals surface area contributed by atoms with Crippen LogP contribution in [-0.2, 0) is 4.74 Å². The molecule has 6 nitrogen and oxygen atoms in total. The molecule has 106 valence electrons. The maximum atomic E-state index is 10.9. The number of anilines is 1. The predicted octanol–water partition coefficient (Wildman–Crippen LogP) is 2.36. The van der Waals surface area contributed by atoms with Crippen LogP contribution in [0.2, 0.25) is 0 Å². The second-order valence-corrected chi connectivity index (χ2v) is 5.06. The molecule has 2 unspecified atom stereocenters. The van der Waals surface area contributed by atoms with E-state index in [1.54, 1.807) is 6.07 Å². The third-order valence-corrected chi connectivity index (χ3v) is 3.66. The molecule has 2 heterocycles. The van der Waals surface area contributed by atoms with Crippen LogP contribution >= 0.6 is 0 Å². The average Bonchev–Trinajstić information content (AvgIpc) is 3.06. The van der Waals surface area contributed by atoms with Crippen LogP contribution in [-0.4, -0.2) is 35.3 Å². The van der Waals surface area contributed by atoms with Gasteiger partial charge >= 0.3 is 5.97 Å². The minimum atomic E-state index is -0.978. The van der Waals surface area contributed by atoms with E-state index in [0.29, 0.717) is 23.0 Å². The summed E-state index contributed by atoms with van der Waals surface area (Å²) in [5.41, 5.74) is 1.31. The number of fused-ring (bicyclic) bond motifs is 1. The first-order valence-electron chi connectivity index (χ1n) is 6.61. The first-order valence-corrected chi connectivity index (χ1v) is 6.61. The zero-order valence-electron chi connectivity index (χ0n) is 11.1. The van der Waals surface area contributed by atoms with Crippen molar-refractivity contribution in [2.24, 2.45) is 5.92 Å². The Morgan fingerprint density at radius 1 is 1.55 bits per heavy atom. The highest BCUT2D eigenvalue weighted by atomic mass is 16.5. The van der Waals surface area contributed by atoms with Crippen LogP contribution in [0.25, 0.3) is 11.1 Å². The number of rotatable bonds is 4. The lowest BCUT2D eigenvalue weighted by atomic mass is 10.0. The van der Waals surface area contributed by atoms with Gasteiger partial charge in [-0.15, -0.1) is 0 Å². The fraction of sp³-hybridized carbons (Fsp3) is 0.429. The molecular formula is C14H16N2O4. The van der Waals surface area contributed by atoms with Crippen molar-refractivity contribution in [2.45, 2.75) is 19.4 Å². The van der Waals surface area contributed by atoms with E-state index in [1.807, 2.05) is 0 Å². The van der Waals surface area contributed by atoms with Crippen molar-refractivity contribution in [1.29, 1.82) is 0 Å². The largest absolute Gasteiger partial charge is 0.478 e. The summed E-state index contributed by atoms with van der Waals surface area (Å²) in [4.78, 5) is 15.2. The monoisotopic (exact) mass is 276 g/mol. The molecule has 1 aromatic carbocycles. The Balaban J connectivity index is 1.79. The van der Waals surface area contributed by atoms with Crippen LogP contribution < -0.4 is 5.32 Å². The van der Waals surface area contributed by atoms with E-state index in [0.717, 1.165) is 19.6 Å². The van der Waals surface area contributed by atoms with Crippen molar-refractivity contribution in [1.82, 2.24) is 4.98 Å². The molecule has 2 aromatic rings. The second-order valence-electron chi connectivity index (χ2n) is 5.06. The smallest absolute Gasteiger partial charge is 0.335 e. The Morgan fingerprint density at radius 3 is 3.10 bits per heavy atom. The quantitative estimate of drug-likeness (QED) is 0.891. The highest BCUT2D eigenvalue weighted by Crippen LogP contribution is 2.24. The summed E-state index contributed by atoms with van der Waals surface area (Å²) in [6.45, 7) is 3.61. The Morgan fingerprint density at radius 2 is 2.40 bits per heavy atom. The number of carbonyl (C=O) groups is 1.